The summed E-state index contributed by atoms with van der Waals surface area (Å²) >= 11 is 0. The highest BCUT2D eigenvalue weighted by molar-refractivity contribution is 6.00. The Kier molecular flexibility index (Phi) is 6.86. The first kappa shape index (κ1) is 24.0. The molecule has 35 heavy (non-hydrogen) atoms. The van der Waals surface area contributed by atoms with Gasteiger partial charge in [0.05, 0.1) is 24.0 Å². The summed E-state index contributed by atoms with van der Waals surface area (Å²) < 4.78 is 6.20. The largest absolute Gasteiger partial charge is 0.586 e. The SMILES string of the molecule is C[C@@H](C(=O)Nc1ccc(Oc2cccnc2)cn1)N1CCN(C(=O)C2=C[C+]=[N+]([O-])C=C2)C(C)(C)C1. The molecule has 10 nitrogen and oxygen atoms in total. The van der Waals surface area contributed by atoms with Gasteiger partial charge in [0.15, 0.2) is 11.6 Å². The molecule has 4 heterocycles. The third-order valence-electron chi connectivity index (χ3n) is 5.95. The van der Waals surface area contributed by atoms with Crippen LogP contribution in [0.5, 0.6) is 11.5 Å². The van der Waals surface area contributed by atoms with Crippen LogP contribution in [0.15, 0.2) is 66.8 Å². The van der Waals surface area contributed by atoms with E-state index in [9.17, 15) is 14.8 Å². The summed E-state index contributed by atoms with van der Waals surface area (Å²) in [5.74, 6) is 1.20. The smallest absolute Gasteiger partial charge is 0.350 e. The quantitative estimate of drug-likeness (QED) is 0.388. The van der Waals surface area contributed by atoms with Crippen molar-refractivity contribution >= 4 is 23.8 Å². The second-order valence-electron chi connectivity index (χ2n) is 8.95. The molecule has 2 aromatic heterocycles. The lowest BCUT2D eigenvalue weighted by atomic mass is 9.96. The highest BCUT2D eigenvalue weighted by Crippen LogP contribution is 2.26. The van der Waals surface area contributed by atoms with Crippen molar-refractivity contribution in [2.24, 2.45) is 0 Å². The topological polar surface area (TPSA) is 114 Å². The second kappa shape index (κ2) is 10.0. The van der Waals surface area contributed by atoms with Crippen molar-refractivity contribution in [1.82, 2.24) is 19.8 Å². The number of ether oxygens (including phenoxy) is 1. The van der Waals surface area contributed by atoms with Crippen LogP contribution in [0.4, 0.5) is 5.82 Å². The maximum atomic E-state index is 13.0. The number of rotatable bonds is 6. The van der Waals surface area contributed by atoms with Crippen LogP contribution in [0.1, 0.15) is 20.8 Å². The fraction of sp³-hybridized carbons (Fsp3) is 0.320. The number of nitrogens with one attached hydrogen (secondary N) is 1. The van der Waals surface area contributed by atoms with Crippen LogP contribution in [0.2, 0.25) is 0 Å². The lowest BCUT2D eigenvalue weighted by Crippen LogP contribution is -2.63. The first-order valence-corrected chi connectivity index (χ1v) is 11.2. The predicted octanol–water partition coefficient (Wildman–Crippen LogP) is 2.43. The number of aromatic nitrogens is 2. The molecule has 2 aromatic rings. The van der Waals surface area contributed by atoms with Crippen molar-refractivity contribution < 1.29 is 19.1 Å². The zero-order chi connectivity index (χ0) is 25.0. The molecule has 2 aliphatic heterocycles. The molecule has 1 saturated heterocycles. The number of allylic oxidation sites excluding steroid dienone is 1. The van der Waals surface area contributed by atoms with Crippen molar-refractivity contribution in [2.45, 2.75) is 32.4 Å². The minimum atomic E-state index is -0.517. The van der Waals surface area contributed by atoms with E-state index in [0.29, 0.717) is 47.3 Å². The van der Waals surface area contributed by atoms with Gasteiger partial charge in [0.2, 0.25) is 5.91 Å². The minimum absolute atomic E-state index is 0.165. The van der Waals surface area contributed by atoms with E-state index < -0.39 is 11.6 Å². The van der Waals surface area contributed by atoms with Gasteiger partial charge in [0.25, 0.3) is 6.20 Å². The lowest BCUT2D eigenvalue weighted by Gasteiger charge is -2.47. The monoisotopic (exact) mass is 475 g/mol. The zero-order valence-electron chi connectivity index (χ0n) is 19.8. The summed E-state index contributed by atoms with van der Waals surface area (Å²) in [5, 5.41) is 14.1. The van der Waals surface area contributed by atoms with Gasteiger partial charge in [-0.05, 0) is 49.8 Å². The number of hydrogen-bond donors (Lipinski definition) is 1. The van der Waals surface area contributed by atoms with E-state index >= 15 is 0 Å². The third kappa shape index (κ3) is 5.68. The number of nitrogens with zero attached hydrogens (tertiary/aromatic N) is 5. The highest BCUT2D eigenvalue weighted by atomic mass is 16.5. The molecule has 0 unspecified atom stereocenters. The van der Waals surface area contributed by atoms with Crippen LogP contribution in [-0.2, 0) is 9.59 Å². The molecule has 1 atom stereocenters. The van der Waals surface area contributed by atoms with Crippen molar-refractivity contribution in [3.05, 3.63) is 72.0 Å². The summed E-state index contributed by atoms with van der Waals surface area (Å²) in [7, 11) is 0. The molecule has 10 heteroatoms. The Labute approximate surface area is 203 Å². The van der Waals surface area contributed by atoms with Gasteiger partial charge in [0, 0.05) is 25.8 Å². The lowest BCUT2D eigenvalue weighted by molar-refractivity contribution is -0.372. The minimum Gasteiger partial charge on any atom is -0.586 e. The first-order chi connectivity index (χ1) is 16.7. The Morgan fingerprint density at radius 3 is 2.66 bits per heavy atom. The Morgan fingerprint density at radius 1 is 1.23 bits per heavy atom. The molecule has 1 N–H and O–H groups in total. The Hall–Kier alpha value is -4.14. The first-order valence-electron chi connectivity index (χ1n) is 11.2. The molecule has 2 aliphatic rings. The molecule has 2 amide bonds. The van der Waals surface area contributed by atoms with Gasteiger partial charge in [0.1, 0.15) is 23.4 Å². The molecule has 1 fully saturated rings. The molecule has 0 saturated carbocycles. The van der Waals surface area contributed by atoms with Gasteiger partial charge in [-0.2, -0.15) is 0 Å². The molecule has 0 spiro atoms. The normalized spacial score (nSPS) is 18.1. The van der Waals surface area contributed by atoms with Crippen LogP contribution in [0.25, 0.3) is 0 Å². The van der Waals surface area contributed by atoms with Crippen LogP contribution in [0.3, 0.4) is 0 Å². The van der Waals surface area contributed by atoms with Gasteiger partial charge in [-0.1, -0.05) is 0 Å². The number of hydroxylamine groups is 1. The van der Waals surface area contributed by atoms with E-state index in [1.807, 2.05) is 25.7 Å². The number of pyridine rings is 2. The molecule has 0 aromatic carbocycles. The van der Waals surface area contributed by atoms with Crippen molar-refractivity contribution in [1.29, 1.82) is 0 Å². The van der Waals surface area contributed by atoms with Gasteiger partial charge >= 0.3 is 12.1 Å². The van der Waals surface area contributed by atoms with Gasteiger partial charge in [-0.3, -0.25) is 19.5 Å². The number of carbonyl (C=O) groups is 2. The Morgan fingerprint density at radius 2 is 2.03 bits per heavy atom. The van der Waals surface area contributed by atoms with Crippen molar-refractivity contribution in [3.8, 4) is 11.5 Å². The van der Waals surface area contributed by atoms with Crippen LogP contribution < -0.4 is 10.1 Å². The van der Waals surface area contributed by atoms with E-state index in [1.165, 1.54) is 24.5 Å². The van der Waals surface area contributed by atoms with Crippen LogP contribution >= 0.6 is 0 Å². The standard InChI is InChI=1S/C25H26N6O4/c1-18(23(32)28-22-7-6-21(16-27-22)35-20-5-4-10-26-15-20)29-13-14-31(25(2,3)17-29)24(33)19-8-11-30(34)12-9-19/h4-11,15-16,18H,13-14,17H2,1-3H3/p+1/t18-/m0/s1. The maximum absolute atomic E-state index is 13.0. The van der Waals surface area contributed by atoms with Crippen LogP contribution in [-0.4, -0.2) is 73.8 Å². The number of hydrogen-bond acceptors (Lipinski definition) is 7. The van der Waals surface area contributed by atoms with E-state index in [0.717, 1.165) is 0 Å². The van der Waals surface area contributed by atoms with E-state index in [-0.39, 0.29) is 11.8 Å². The maximum Gasteiger partial charge on any atom is 0.350 e. The van der Waals surface area contributed by atoms with E-state index in [4.69, 9.17) is 4.74 Å². The molecule has 0 aliphatic carbocycles. The van der Waals surface area contributed by atoms with Gasteiger partial charge in [-0.15, -0.1) is 0 Å². The average Bonchev–Trinajstić information content (AvgIpc) is 2.85. The average molecular weight is 476 g/mol. The van der Waals surface area contributed by atoms with Crippen LogP contribution in [0, 0.1) is 5.21 Å². The van der Waals surface area contributed by atoms with E-state index in [2.05, 4.69) is 21.5 Å². The van der Waals surface area contributed by atoms with Gasteiger partial charge < -0.3 is 20.2 Å². The fourth-order valence-corrected chi connectivity index (χ4v) is 4.02. The summed E-state index contributed by atoms with van der Waals surface area (Å²) in [6.45, 7) is 7.26. The second-order valence-corrected chi connectivity index (χ2v) is 8.95. The molecular formula is C25H27N6O4+. The molecule has 4 rings (SSSR count). The fourth-order valence-electron chi connectivity index (χ4n) is 4.02. The van der Waals surface area contributed by atoms with Crippen molar-refractivity contribution in [3.63, 3.8) is 0 Å². The zero-order valence-corrected chi connectivity index (χ0v) is 19.8. The highest BCUT2D eigenvalue weighted by Gasteiger charge is 2.41. The molecule has 0 bridgehead atoms. The van der Waals surface area contributed by atoms with E-state index in [1.54, 1.807) is 41.6 Å². The molecule has 0 radical (unpaired) electrons. The number of piperazine rings is 1. The van der Waals surface area contributed by atoms with Crippen molar-refractivity contribution in [2.75, 3.05) is 25.0 Å². The predicted molar refractivity (Wildman–Crippen MR) is 130 cm³/mol. The summed E-state index contributed by atoms with van der Waals surface area (Å²) in [6, 6.07) is 6.55. The molecular weight excluding hydrogens is 448 g/mol. The van der Waals surface area contributed by atoms with Gasteiger partial charge in [-0.25, -0.2) is 4.98 Å². The molecule has 180 valence electrons. The summed E-state index contributed by atoms with van der Waals surface area (Å²) in [6.07, 6.45) is 11.4. The number of carbonyl (C=O) groups excluding carboxylic acids is 2. The third-order valence-corrected chi connectivity index (χ3v) is 5.95. The number of anilines is 1. The summed E-state index contributed by atoms with van der Waals surface area (Å²) in [5.41, 5.74) is -0.108. The summed E-state index contributed by atoms with van der Waals surface area (Å²) in [4.78, 5) is 38.0. The Balaban J connectivity index is 1.34. The Bertz CT molecular complexity index is 1170. The number of amides is 2.